The minimum Gasteiger partial charge on any atom is -0.296 e. The van der Waals surface area contributed by atoms with E-state index < -0.39 is 11.6 Å². The van der Waals surface area contributed by atoms with E-state index in [2.05, 4.69) is 9.97 Å². The topological polar surface area (TPSA) is 42.9 Å². The smallest absolute Gasteiger partial charge is 0.170 e. The highest BCUT2D eigenvalue weighted by Gasteiger charge is 2.13. The molecule has 5 heteroatoms. The summed E-state index contributed by atoms with van der Waals surface area (Å²) in [6.07, 6.45) is 0.572. The number of carbonyl (C=O) groups excluding carboxylic acids is 1. The van der Waals surface area contributed by atoms with Crippen LogP contribution in [-0.2, 0) is 0 Å². The molecule has 0 amide bonds. The molecular weight excluding hydrogens is 226 g/mol. The molecule has 1 aromatic heterocycles. The van der Waals surface area contributed by atoms with Gasteiger partial charge in [-0.15, -0.1) is 0 Å². The lowest BCUT2D eigenvalue weighted by atomic mass is 10.1. The van der Waals surface area contributed by atoms with Gasteiger partial charge in [-0.25, -0.2) is 18.7 Å². The second kappa shape index (κ2) is 4.16. The maximum atomic E-state index is 13.1. The van der Waals surface area contributed by atoms with Crippen molar-refractivity contribution in [2.45, 2.75) is 19.8 Å². The molecule has 1 aromatic carbocycles. The predicted octanol–water partition coefficient (Wildman–Crippen LogP) is 2.84. The van der Waals surface area contributed by atoms with Gasteiger partial charge in [0, 0.05) is 12.1 Å². The highest BCUT2D eigenvalue weighted by molar-refractivity contribution is 5.81. The fourth-order valence-electron chi connectivity index (χ4n) is 1.59. The number of aromatic nitrogens is 2. The van der Waals surface area contributed by atoms with Crippen LogP contribution in [0.15, 0.2) is 12.1 Å². The molecule has 0 saturated heterocycles. The van der Waals surface area contributed by atoms with Crippen LogP contribution in [0.3, 0.4) is 0 Å². The molecule has 0 aliphatic rings. The number of aldehydes is 1. The fourth-order valence-corrected chi connectivity index (χ4v) is 1.59. The van der Waals surface area contributed by atoms with Gasteiger partial charge in [-0.3, -0.25) is 4.79 Å². The maximum absolute atomic E-state index is 13.1. The van der Waals surface area contributed by atoms with Gasteiger partial charge in [0.2, 0.25) is 0 Å². The van der Waals surface area contributed by atoms with Crippen LogP contribution < -0.4 is 0 Å². The van der Waals surface area contributed by atoms with Gasteiger partial charge in [-0.05, 0) is 5.92 Å². The van der Waals surface area contributed by atoms with Gasteiger partial charge in [0.15, 0.2) is 17.9 Å². The Morgan fingerprint density at radius 1 is 1.12 bits per heavy atom. The lowest BCUT2D eigenvalue weighted by Crippen LogP contribution is -2.04. The van der Waals surface area contributed by atoms with Crippen LogP contribution in [-0.4, -0.2) is 16.3 Å². The largest absolute Gasteiger partial charge is 0.296 e. The van der Waals surface area contributed by atoms with E-state index in [0.29, 0.717) is 12.0 Å². The summed E-state index contributed by atoms with van der Waals surface area (Å²) in [6, 6.07) is 1.92. The average Bonchev–Trinajstić information content (AvgIpc) is 2.29. The molecule has 0 bridgehead atoms. The van der Waals surface area contributed by atoms with Crippen molar-refractivity contribution in [2.24, 2.45) is 0 Å². The van der Waals surface area contributed by atoms with Crippen LogP contribution in [0.5, 0.6) is 0 Å². The Hall–Kier alpha value is -1.91. The number of halogens is 2. The first-order valence-corrected chi connectivity index (χ1v) is 5.14. The van der Waals surface area contributed by atoms with Gasteiger partial charge in [0.25, 0.3) is 0 Å². The summed E-state index contributed by atoms with van der Waals surface area (Å²) in [5, 5.41) is 0. The number of carbonyl (C=O) groups is 1. The van der Waals surface area contributed by atoms with Crippen molar-refractivity contribution in [3.63, 3.8) is 0 Å². The van der Waals surface area contributed by atoms with Crippen molar-refractivity contribution in [1.82, 2.24) is 9.97 Å². The molecule has 1 heterocycles. The van der Waals surface area contributed by atoms with Gasteiger partial charge in [-0.1, -0.05) is 13.8 Å². The van der Waals surface area contributed by atoms with Crippen molar-refractivity contribution >= 4 is 17.3 Å². The summed E-state index contributed by atoms with van der Waals surface area (Å²) in [5.41, 5.74) is 1.07. The Labute approximate surface area is 96.5 Å². The van der Waals surface area contributed by atoms with Crippen LogP contribution in [0.4, 0.5) is 8.78 Å². The monoisotopic (exact) mass is 236 g/mol. The number of nitrogens with zero attached hydrogens (tertiary/aromatic N) is 2. The lowest BCUT2D eigenvalue weighted by molar-refractivity contribution is 0.111. The van der Waals surface area contributed by atoms with Gasteiger partial charge < -0.3 is 0 Å². The zero-order valence-corrected chi connectivity index (χ0v) is 9.37. The third kappa shape index (κ3) is 2.00. The summed E-state index contributed by atoms with van der Waals surface area (Å²) in [7, 11) is 0. The maximum Gasteiger partial charge on any atom is 0.170 e. The van der Waals surface area contributed by atoms with Gasteiger partial charge in [0.05, 0.1) is 16.7 Å². The molecule has 0 fully saturated rings. The van der Waals surface area contributed by atoms with E-state index in [9.17, 15) is 13.6 Å². The van der Waals surface area contributed by atoms with Crippen LogP contribution in [0.2, 0.25) is 0 Å². The molecule has 2 aromatic rings. The standard InChI is InChI=1S/C12H10F2N2O/c1-6(2)12-11(5-17)15-9-3-7(13)8(14)4-10(9)16-12/h3-6H,1-2H3. The third-order valence-corrected chi connectivity index (χ3v) is 2.42. The van der Waals surface area contributed by atoms with Crippen LogP contribution in [0.25, 0.3) is 11.0 Å². The van der Waals surface area contributed by atoms with Crippen molar-refractivity contribution in [1.29, 1.82) is 0 Å². The van der Waals surface area contributed by atoms with E-state index in [1.165, 1.54) is 0 Å². The first-order valence-electron chi connectivity index (χ1n) is 5.14. The molecule has 88 valence electrons. The first-order chi connectivity index (χ1) is 8.02. The Morgan fingerprint density at radius 3 is 2.12 bits per heavy atom. The molecule has 0 atom stereocenters. The molecule has 0 N–H and O–H groups in total. The Kier molecular flexibility index (Phi) is 2.83. The molecule has 0 radical (unpaired) electrons. The number of fused-ring (bicyclic) bond motifs is 1. The second-order valence-electron chi connectivity index (χ2n) is 4.02. The molecule has 3 nitrogen and oxygen atoms in total. The van der Waals surface area contributed by atoms with Crippen LogP contribution in [0, 0.1) is 11.6 Å². The number of rotatable bonds is 2. The van der Waals surface area contributed by atoms with Crippen molar-refractivity contribution in [3.8, 4) is 0 Å². The fraction of sp³-hybridized carbons (Fsp3) is 0.250. The predicted molar refractivity (Wildman–Crippen MR) is 58.9 cm³/mol. The van der Waals surface area contributed by atoms with E-state index in [1.54, 1.807) is 0 Å². The molecular formula is C12H10F2N2O. The zero-order valence-electron chi connectivity index (χ0n) is 9.37. The van der Waals surface area contributed by atoms with E-state index in [4.69, 9.17) is 0 Å². The number of benzene rings is 1. The van der Waals surface area contributed by atoms with Crippen LogP contribution in [0.1, 0.15) is 35.9 Å². The van der Waals surface area contributed by atoms with Crippen molar-refractivity contribution in [2.75, 3.05) is 0 Å². The minimum atomic E-state index is -0.999. The normalized spacial score (nSPS) is 11.1. The van der Waals surface area contributed by atoms with E-state index in [1.807, 2.05) is 13.8 Å². The lowest BCUT2D eigenvalue weighted by Gasteiger charge is -2.08. The zero-order chi connectivity index (χ0) is 12.6. The third-order valence-electron chi connectivity index (χ3n) is 2.42. The van der Waals surface area contributed by atoms with E-state index >= 15 is 0 Å². The summed E-state index contributed by atoms with van der Waals surface area (Å²) in [6.45, 7) is 3.70. The first kappa shape index (κ1) is 11.6. The minimum absolute atomic E-state index is 0.0137. The molecule has 0 aliphatic carbocycles. The molecule has 0 aliphatic heterocycles. The van der Waals surface area contributed by atoms with Gasteiger partial charge in [-0.2, -0.15) is 0 Å². The molecule has 0 unspecified atom stereocenters. The quantitative estimate of drug-likeness (QED) is 0.753. The molecule has 2 rings (SSSR count). The summed E-state index contributed by atoms with van der Waals surface area (Å²) >= 11 is 0. The summed E-state index contributed by atoms with van der Waals surface area (Å²) in [5.74, 6) is -1.98. The highest BCUT2D eigenvalue weighted by Crippen LogP contribution is 2.20. The molecule has 17 heavy (non-hydrogen) atoms. The van der Waals surface area contributed by atoms with Crippen LogP contribution >= 0.6 is 0 Å². The van der Waals surface area contributed by atoms with Gasteiger partial charge in [0.1, 0.15) is 5.69 Å². The molecule has 0 spiro atoms. The Bertz CT molecular complexity index is 597. The average molecular weight is 236 g/mol. The number of hydrogen-bond donors (Lipinski definition) is 0. The second-order valence-corrected chi connectivity index (χ2v) is 4.02. The van der Waals surface area contributed by atoms with E-state index in [-0.39, 0.29) is 22.6 Å². The SMILES string of the molecule is CC(C)c1nc2cc(F)c(F)cc2nc1C=O. The van der Waals surface area contributed by atoms with E-state index in [0.717, 1.165) is 12.1 Å². The Balaban J connectivity index is 2.78. The van der Waals surface area contributed by atoms with Crippen molar-refractivity contribution in [3.05, 3.63) is 35.2 Å². The van der Waals surface area contributed by atoms with Gasteiger partial charge >= 0.3 is 0 Å². The number of hydrogen-bond acceptors (Lipinski definition) is 3. The molecule has 0 saturated carbocycles. The highest BCUT2D eigenvalue weighted by atomic mass is 19.2. The summed E-state index contributed by atoms with van der Waals surface area (Å²) < 4.78 is 26.1. The summed E-state index contributed by atoms with van der Waals surface area (Å²) in [4.78, 5) is 19.0. The van der Waals surface area contributed by atoms with Crippen molar-refractivity contribution < 1.29 is 13.6 Å². The Morgan fingerprint density at radius 2 is 1.65 bits per heavy atom.